The van der Waals surface area contributed by atoms with Gasteiger partial charge in [-0.05, 0) is 37.3 Å². The molecule has 1 aliphatic rings. The predicted molar refractivity (Wildman–Crippen MR) is 111 cm³/mol. The fourth-order valence-corrected chi connectivity index (χ4v) is 3.08. The Morgan fingerprint density at radius 2 is 2.14 bits per heavy atom. The van der Waals surface area contributed by atoms with Crippen molar-refractivity contribution in [1.82, 2.24) is 10.3 Å². The molecular formula is C21H26N4O4. The van der Waals surface area contributed by atoms with Crippen molar-refractivity contribution in [1.29, 1.82) is 0 Å². The van der Waals surface area contributed by atoms with E-state index >= 15 is 0 Å². The van der Waals surface area contributed by atoms with Gasteiger partial charge < -0.3 is 25.0 Å². The van der Waals surface area contributed by atoms with Gasteiger partial charge in [0, 0.05) is 32.0 Å². The van der Waals surface area contributed by atoms with E-state index in [4.69, 9.17) is 9.47 Å². The number of nitrogens with zero attached hydrogens (tertiary/aromatic N) is 2. The van der Waals surface area contributed by atoms with Gasteiger partial charge in [-0.15, -0.1) is 0 Å². The number of pyridine rings is 1. The van der Waals surface area contributed by atoms with E-state index in [9.17, 15) is 9.59 Å². The van der Waals surface area contributed by atoms with Gasteiger partial charge in [-0.2, -0.15) is 0 Å². The molecular weight excluding hydrogens is 372 g/mol. The van der Waals surface area contributed by atoms with Crippen LogP contribution in [0.2, 0.25) is 0 Å². The number of amides is 2. The molecule has 0 spiro atoms. The Hall–Kier alpha value is -3.13. The molecule has 1 aliphatic heterocycles. The van der Waals surface area contributed by atoms with Gasteiger partial charge in [-0.1, -0.05) is 0 Å². The van der Waals surface area contributed by atoms with Crippen molar-refractivity contribution < 1.29 is 19.1 Å². The van der Waals surface area contributed by atoms with Crippen LogP contribution in [0, 0.1) is 6.92 Å². The number of hydrogen-bond donors (Lipinski definition) is 2. The molecule has 1 aromatic carbocycles. The molecule has 2 N–H and O–H groups in total. The third kappa shape index (κ3) is 5.23. The Morgan fingerprint density at radius 1 is 1.31 bits per heavy atom. The number of carbonyl (C=O) groups is 2. The van der Waals surface area contributed by atoms with Crippen molar-refractivity contribution in [2.24, 2.45) is 0 Å². The average Bonchev–Trinajstić information content (AvgIpc) is 2.72. The molecule has 0 radical (unpaired) electrons. The summed E-state index contributed by atoms with van der Waals surface area (Å²) in [5.41, 5.74) is 2.87. The van der Waals surface area contributed by atoms with E-state index in [1.54, 1.807) is 31.5 Å². The second-order valence-electron chi connectivity index (χ2n) is 6.95. The van der Waals surface area contributed by atoms with Crippen molar-refractivity contribution >= 4 is 23.2 Å². The van der Waals surface area contributed by atoms with Gasteiger partial charge in [-0.3, -0.25) is 14.6 Å². The zero-order valence-electron chi connectivity index (χ0n) is 16.9. The molecule has 2 aromatic rings. The van der Waals surface area contributed by atoms with Crippen LogP contribution in [-0.2, 0) is 9.53 Å². The van der Waals surface area contributed by atoms with E-state index < -0.39 is 0 Å². The molecule has 2 amide bonds. The fourth-order valence-electron chi connectivity index (χ4n) is 3.08. The maximum absolute atomic E-state index is 12.4. The highest BCUT2D eigenvalue weighted by Gasteiger charge is 2.27. The highest BCUT2D eigenvalue weighted by atomic mass is 16.5. The number of aromatic nitrogens is 1. The largest absolute Gasteiger partial charge is 0.489 e. The van der Waals surface area contributed by atoms with Crippen LogP contribution in [0.1, 0.15) is 22.5 Å². The van der Waals surface area contributed by atoms with Crippen LogP contribution >= 0.6 is 0 Å². The Bertz CT molecular complexity index is 869. The second kappa shape index (κ2) is 9.38. The van der Waals surface area contributed by atoms with E-state index in [0.717, 1.165) is 11.4 Å². The van der Waals surface area contributed by atoms with Crippen LogP contribution in [0.4, 0.5) is 11.4 Å². The SMILES string of the molecule is COCCNC(=O)c1ccc2c(c1)N(C)C(CC(=O)Nc1ccc(C)nc1)CO2. The molecule has 0 bridgehead atoms. The minimum absolute atomic E-state index is 0.118. The first kappa shape index (κ1) is 20.6. The molecule has 0 saturated heterocycles. The molecule has 29 heavy (non-hydrogen) atoms. The molecule has 8 nitrogen and oxygen atoms in total. The van der Waals surface area contributed by atoms with Crippen LogP contribution in [-0.4, -0.2) is 56.8 Å². The van der Waals surface area contributed by atoms with Gasteiger partial charge in [0.25, 0.3) is 5.91 Å². The van der Waals surface area contributed by atoms with Crippen LogP contribution in [0.5, 0.6) is 5.75 Å². The molecule has 0 saturated carbocycles. The normalized spacial score (nSPS) is 15.3. The number of nitrogens with one attached hydrogen (secondary N) is 2. The van der Waals surface area contributed by atoms with Crippen LogP contribution in [0.15, 0.2) is 36.5 Å². The fraction of sp³-hybridized carbons (Fsp3) is 0.381. The van der Waals surface area contributed by atoms with E-state index in [2.05, 4.69) is 15.6 Å². The van der Waals surface area contributed by atoms with Gasteiger partial charge in [0.05, 0.1) is 36.6 Å². The minimum atomic E-state index is -0.176. The lowest BCUT2D eigenvalue weighted by atomic mass is 10.1. The Labute approximate surface area is 170 Å². The van der Waals surface area contributed by atoms with Crippen molar-refractivity contribution in [3.05, 3.63) is 47.8 Å². The smallest absolute Gasteiger partial charge is 0.251 e. The van der Waals surface area contributed by atoms with E-state index in [1.165, 1.54) is 0 Å². The standard InChI is InChI=1S/C21H26N4O4/c1-14-4-6-16(12-23-14)24-20(26)11-17-13-29-19-7-5-15(10-18(19)25(17)2)21(27)22-8-9-28-3/h4-7,10,12,17H,8-9,11,13H2,1-3H3,(H,22,27)(H,24,26). The summed E-state index contributed by atoms with van der Waals surface area (Å²) >= 11 is 0. The number of likely N-dealkylation sites (N-methyl/N-ethyl adjacent to an activating group) is 1. The maximum atomic E-state index is 12.4. The number of benzene rings is 1. The molecule has 8 heteroatoms. The summed E-state index contributed by atoms with van der Waals surface area (Å²) in [6.07, 6.45) is 1.90. The Balaban J connectivity index is 1.64. The molecule has 0 fully saturated rings. The number of aryl methyl sites for hydroxylation is 1. The number of fused-ring (bicyclic) bond motifs is 1. The lowest BCUT2D eigenvalue weighted by Gasteiger charge is -2.35. The third-order valence-electron chi connectivity index (χ3n) is 4.79. The molecule has 1 atom stereocenters. The van der Waals surface area contributed by atoms with Crippen molar-refractivity contribution in [2.45, 2.75) is 19.4 Å². The Kier molecular flexibility index (Phi) is 6.66. The molecule has 2 heterocycles. The molecule has 1 unspecified atom stereocenters. The van der Waals surface area contributed by atoms with Crippen LogP contribution < -0.4 is 20.3 Å². The lowest BCUT2D eigenvalue weighted by Crippen LogP contribution is -2.42. The van der Waals surface area contributed by atoms with E-state index in [-0.39, 0.29) is 24.3 Å². The summed E-state index contributed by atoms with van der Waals surface area (Å²) in [5.74, 6) is 0.401. The first-order valence-corrected chi connectivity index (χ1v) is 9.47. The monoisotopic (exact) mass is 398 g/mol. The van der Waals surface area contributed by atoms with Gasteiger partial charge >= 0.3 is 0 Å². The van der Waals surface area contributed by atoms with Gasteiger partial charge in [0.2, 0.25) is 5.91 Å². The number of hydrogen-bond acceptors (Lipinski definition) is 6. The third-order valence-corrected chi connectivity index (χ3v) is 4.79. The van der Waals surface area contributed by atoms with Gasteiger partial charge in [0.1, 0.15) is 12.4 Å². The number of ether oxygens (including phenoxy) is 2. The lowest BCUT2D eigenvalue weighted by molar-refractivity contribution is -0.116. The molecule has 0 aliphatic carbocycles. The van der Waals surface area contributed by atoms with E-state index in [0.29, 0.717) is 36.8 Å². The molecule has 1 aromatic heterocycles. The van der Waals surface area contributed by atoms with Crippen LogP contribution in [0.3, 0.4) is 0 Å². The maximum Gasteiger partial charge on any atom is 0.251 e. The van der Waals surface area contributed by atoms with Crippen molar-refractivity contribution in [3.8, 4) is 5.75 Å². The van der Waals surface area contributed by atoms with Crippen molar-refractivity contribution in [3.63, 3.8) is 0 Å². The van der Waals surface area contributed by atoms with Gasteiger partial charge in [-0.25, -0.2) is 0 Å². The van der Waals surface area contributed by atoms with Gasteiger partial charge in [0.15, 0.2) is 0 Å². The average molecular weight is 398 g/mol. The topological polar surface area (TPSA) is 92.8 Å². The van der Waals surface area contributed by atoms with Crippen LogP contribution in [0.25, 0.3) is 0 Å². The first-order valence-electron chi connectivity index (χ1n) is 9.47. The summed E-state index contributed by atoms with van der Waals surface area (Å²) in [4.78, 5) is 30.9. The number of anilines is 2. The molecule has 154 valence electrons. The highest BCUT2D eigenvalue weighted by molar-refractivity contribution is 5.96. The Morgan fingerprint density at radius 3 is 2.86 bits per heavy atom. The zero-order chi connectivity index (χ0) is 20.8. The quantitative estimate of drug-likeness (QED) is 0.693. The second-order valence-corrected chi connectivity index (χ2v) is 6.95. The summed E-state index contributed by atoms with van der Waals surface area (Å²) in [6.45, 7) is 3.18. The minimum Gasteiger partial charge on any atom is -0.489 e. The number of rotatable bonds is 7. The highest BCUT2D eigenvalue weighted by Crippen LogP contribution is 2.34. The number of carbonyl (C=O) groups excluding carboxylic acids is 2. The summed E-state index contributed by atoms with van der Waals surface area (Å²) in [6, 6.07) is 8.82. The summed E-state index contributed by atoms with van der Waals surface area (Å²) in [5, 5.41) is 5.66. The number of methoxy groups -OCH3 is 1. The first-order chi connectivity index (χ1) is 14.0. The van der Waals surface area contributed by atoms with Crippen molar-refractivity contribution in [2.75, 3.05) is 44.1 Å². The summed E-state index contributed by atoms with van der Waals surface area (Å²) in [7, 11) is 3.49. The molecule has 3 rings (SSSR count). The predicted octanol–water partition coefficient (Wildman–Crippen LogP) is 1.99. The van der Waals surface area contributed by atoms with E-state index in [1.807, 2.05) is 31.0 Å². The zero-order valence-corrected chi connectivity index (χ0v) is 16.9. The summed E-state index contributed by atoms with van der Waals surface area (Å²) < 4.78 is 10.8.